The highest BCUT2D eigenvalue weighted by Gasteiger charge is 2.61. The number of hydrogen-bond donors (Lipinski definition) is 1. The molecule has 0 aromatic rings. The molecule has 0 aromatic heterocycles. The first kappa shape index (κ1) is 22.1. The molecule has 0 aliphatic heterocycles. The summed E-state index contributed by atoms with van der Waals surface area (Å²) in [7, 11) is -5.64. The van der Waals surface area contributed by atoms with Gasteiger partial charge in [0.15, 0.2) is 0 Å². The van der Waals surface area contributed by atoms with Gasteiger partial charge in [0, 0.05) is 0 Å². The van der Waals surface area contributed by atoms with Crippen LogP contribution in [-0.4, -0.2) is 37.3 Å². The Balaban J connectivity index is 6.47. The maximum atomic E-state index is 13.7. The second-order valence-electron chi connectivity index (χ2n) is 6.93. The summed E-state index contributed by atoms with van der Waals surface area (Å²) in [5, 5.41) is 11.0. The molecule has 6 heteroatoms. The second kappa shape index (κ2) is 8.79. The van der Waals surface area contributed by atoms with Crippen LogP contribution in [0.2, 0.25) is 19.6 Å². The number of hydrogen-bond acceptors (Lipinski definition) is 4. The lowest BCUT2D eigenvalue weighted by Crippen LogP contribution is -2.59. The van der Waals surface area contributed by atoms with E-state index in [0.29, 0.717) is 19.6 Å². The van der Waals surface area contributed by atoms with Crippen molar-refractivity contribution in [2.75, 3.05) is 13.2 Å². The Morgan fingerprint density at radius 3 is 1.91 bits per heavy atom. The van der Waals surface area contributed by atoms with Crippen molar-refractivity contribution in [3.05, 3.63) is 11.6 Å². The SMILES string of the molecule is CCCC(O)C(C=C(C)C)([Si](C)(C)C)P(=O)(OCC)OCC. The van der Waals surface area contributed by atoms with Crippen molar-refractivity contribution < 1.29 is 18.7 Å². The summed E-state index contributed by atoms with van der Waals surface area (Å²) < 4.78 is 24.2. The van der Waals surface area contributed by atoms with E-state index < -0.39 is 26.6 Å². The van der Waals surface area contributed by atoms with Gasteiger partial charge in [-0.3, -0.25) is 4.57 Å². The highest BCUT2D eigenvalue weighted by molar-refractivity contribution is 7.59. The molecule has 0 rings (SSSR count). The predicted octanol–water partition coefficient (Wildman–Crippen LogP) is 5.00. The van der Waals surface area contributed by atoms with Crippen LogP contribution in [0.3, 0.4) is 0 Å². The number of aliphatic hydroxyl groups is 1. The van der Waals surface area contributed by atoms with Crippen LogP contribution >= 0.6 is 7.60 Å². The molecular formula is C16H35O4PSi. The zero-order valence-corrected chi connectivity index (χ0v) is 17.5. The Kier molecular flexibility index (Phi) is 8.82. The molecule has 0 saturated carbocycles. The van der Waals surface area contributed by atoms with E-state index in [4.69, 9.17) is 9.05 Å². The Hall–Kier alpha value is 0.0669. The van der Waals surface area contributed by atoms with Crippen LogP contribution in [-0.2, 0) is 13.6 Å². The number of rotatable bonds is 10. The van der Waals surface area contributed by atoms with Crippen LogP contribution in [0.1, 0.15) is 47.5 Å². The standard InChI is InChI=1S/C16H35O4PSi/c1-9-12-15(17)16(13-14(4)5,22(6,7)8)21(18,19-10-2)20-11-3/h13,15,17H,9-12H2,1-8H3. The first-order valence-corrected chi connectivity index (χ1v) is 13.3. The summed E-state index contributed by atoms with van der Waals surface area (Å²) in [5.41, 5.74) is 1.03. The largest absolute Gasteiger partial charge is 0.392 e. The summed E-state index contributed by atoms with van der Waals surface area (Å²) >= 11 is 0. The lowest BCUT2D eigenvalue weighted by Gasteiger charge is -2.48. The van der Waals surface area contributed by atoms with E-state index in [2.05, 4.69) is 19.6 Å². The monoisotopic (exact) mass is 350 g/mol. The first-order chi connectivity index (χ1) is 10.0. The molecule has 132 valence electrons. The molecule has 0 bridgehead atoms. The molecule has 0 aromatic carbocycles. The Labute approximate surface area is 137 Å². The van der Waals surface area contributed by atoms with Gasteiger partial charge in [-0.2, -0.15) is 0 Å². The number of allylic oxidation sites excluding steroid dienone is 1. The van der Waals surface area contributed by atoms with Gasteiger partial charge < -0.3 is 14.2 Å². The third-order valence-electron chi connectivity index (χ3n) is 3.83. The minimum atomic E-state index is -3.49. The van der Waals surface area contributed by atoms with Crippen molar-refractivity contribution in [2.45, 2.75) is 78.0 Å². The van der Waals surface area contributed by atoms with Crippen molar-refractivity contribution in [3.8, 4) is 0 Å². The Morgan fingerprint density at radius 1 is 1.18 bits per heavy atom. The molecule has 2 atom stereocenters. The molecule has 0 radical (unpaired) electrons. The average Bonchev–Trinajstić information content (AvgIpc) is 2.34. The van der Waals surface area contributed by atoms with Gasteiger partial charge in [0.1, 0.15) is 4.78 Å². The third kappa shape index (κ3) is 4.54. The summed E-state index contributed by atoms with van der Waals surface area (Å²) in [6, 6.07) is 0. The van der Waals surface area contributed by atoms with Crippen LogP contribution in [0.5, 0.6) is 0 Å². The summed E-state index contributed by atoms with van der Waals surface area (Å²) in [4.78, 5) is 0. The fraction of sp³-hybridized carbons (Fsp3) is 0.875. The molecule has 0 aliphatic carbocycles. The van der Waals surface area contributed by atoms with E-state index in [-0.39, 0.29) is 0 Å². The molecular weight excluding hydrogens is 315 g/mol. The quantitative estimate of drug-likeness (QED) is 0.342. The number of aliphatic hydroxyl groups excluding tert-OH is 1. The maximum Gasteiger partial charge on any atom is 0.340 e. The van der Waals surface area contributed by atoms with Crippen molar-refractivity contribution in [2.24, 2.45) is 0 Å². The van der Waals surface area contributed by atoms with E-state index in [1.807, 2.05) is 40.7 Å². The molecule has 1 N–H and O–H groups in total. The van der Waals surface area contributed by atoms with Crippen molar-refractivity contribution in [3.63, 3.8) is 0 Å². The second-order valence-corrected chi connectivity index (χ2v) is 14.9. The maximum absolute atomic E-state index is 13.7. The van der Waals surface area contributed by atoms with Gasteiger partial charge in [0.2, 0.25) is 0 Å². The van der Waals surface area contributed by atoms with Gasteiger partial charge in [-0.1, -0.05) is 44.6 Å². The normalized spacial score (nSPS) is 17.0. The molecule has 0 spiro atoms. The van der Waals surface area contributed by atoms with Gasteiger partial charge >= 0.3 is 7.60 Å². The molecule has 0 aliphatic rings. The van der Waals surface area contributed by atoms with Gasteiger partial charge in [-0.05, 0) is 34.1 Å². The zero-order valence-electron chi connectivity index (χ0n) is 15.6. The molecule has 0 amide bonds. The minimum Gasteiger partial charge on any atom is -0.392 e. The molecule has 4 nitrogen and oxygen atoms in total. The molecule has 22 heavy (non-hydrogen) atoms. The van der Waals surface area contributed by atoms with E-state index >= 15 is 0 Å². The van der Waals surface area contributed by atoms with Crippen LogP contribution < -0.4 is 0 Å². The van der Waals surface area contributed by atoms with Crippen molar-refractivity contribution in [1.82, 2.24) is 0 Å². The van der Waals surface area contributed by atoms with Crippen LogP contribution in [0.4, 0.5) is 0 Å². The van der Waals surface area contributed by atoms with Crippen molar-refractivity contribution >= 4 is 15.7 Å². The van der Waals surface area contributed by atoms with E-state index in [1.165, 1.54) is 0 Å². The molecule has 0 saturated heterocycles. The minimum absolute atomic E-state index is 0.305. The average molecular weight is 351 g/mol. The third-order valence-corrected chi connectivity index (χ3v) is 12.1. The lowest BCUT2D eigenvalue weighted by atomic mass is 10.1. The van der Waals surface area contributed by atoms with Gasteiger partial charge in [0.05, 0.1) is 27.4 Å². The first-order valence-electron chi connectivity index (χ1n) is 8.25. The molecule has 2 unspecified atom stereocenters. The summed E-state index contributed by atoms with van der Waals surface area (Å²) in [6.45, 7) is 16.6. The smallest absolute Gasteiger partial charge is 0.340 e. The van der Waals surface area contributed by atoms with E-state index in [0.717, 1.165) is 12.0 Å². The zero-order chi connectivity index (χ0) is 17.6. The molecule has 0 heterocycles. The van der Waals surface area contributed by atoms with E-state index in [1.54, 1.807) is 0 Å². The van der Waals surface area contributed by atoms with Gasteiger partial charge in [0.25, 0.3) is 0 Å². The van der Waals surface area contributed by atoms with E-state index in [9.17, 15) is 9.67 Å². The van der Waals surface area contributed by atoms with Gasteiger partial charge in [-0.25, -0.2) is 0 Å². The van der Waals surface area contributed by atoms with Crippen LogP contribution in [0.15, 0.2) is 11.6 Å². The summed E-state index contributed by atoms with van der Waals surface area (Å²) in [5.74, 6) is 0. The fourth-order valence-corrected chi connectivity index (χ4v) is 10.6. The fourth-order valence-electron chi connectivity index (χ4n) is 3.01. The highest BCUT2D eigenvalue weighted by Crippen LogP contribution is 2.66. The van der Waals surface area contributed by atoms with Crippen LogP contribution in [0, 0.1) is 0 Å². The lowest BCUT2D eigenvalue weighted by molar-refractivity contribution is 0.126. The summed E-state index contributed by atoms with van der Waals surface area (Å²) in [6.07, 6.45) is 2.63. The topological polar surface area (TPSA) is 55.8 Å². The highest BCUT2D eigenvalue weighted by atomic mass is 31.2. The molecule has 0 fully saturated rings. The van der Waals surface area contributed by atoms with Crippen molar-refractivity contribution in [1.29, 1.82) is 0 Å². The Morgan fingerprint density at radius 2 is 1.64 bits per heavy atom. The van der Waals surface area contributed by atoms with Gasteiger partial charge in [-0.15, -0.1) is 0 Å². The van der Waals surface area contributed by atoms with Crippen LogP contribution in [0.25, 0.3) is 0 Å². The predicted molar refractivity (Wildman–Crippen MR) is 97.3 cm³/mol. The Bertz CT molecular complexity index is 403.